The van der Waals surface area contributed by atoms with Crippen LogP contribution in [0.3, 0.4) is 0 Å². The van der Waals surface area contributed by atoms with Crippen molar-refractivity contribution in [2.45, 2.75) is 38.9 Å². The van der Waals surface area contributed by atoms with Gasteiger partial charge in [-0.2, -0.15) is 0 Å². The third-order valence-corrected chi connectivity index (χ3v) is 6.03. The van der Waals surface area contributed by atoms with E-state index in [1.165, 1.54) is 0 Å². The largest absolute Gasteiger partial charge is 0.505 e. The van der Waals surface area contributed by atoms with Gasteiger partial charge in [-0.05, 0) is 45.9 Å². The number of fused-ring (bicyclic) bond motifs is 1. The summed E-state index contributed by atoms with van der Waals surface area (Å²) in [7, 11) is -0.371. The van der Waals surface area contributed by atoms with E-state index in [0.717, 1.165) is 14.9 Å². The van der Waals surface area contributed by atoms with Crippen LogP contribution in [0, 0.1) is 0 Å². The van der Waals surface area contributed by atoms with Gasteiger partial charge in [0.25, 0.3) is 0 Å². The zero-order valence-corrected chi connectivity index (χ0v) is 14.1. The maximum absolute atomic E-state index is 6.23. The fourth-order valence-electron chi connectivity index (χ4n) is 2.15. The molecule has 1 aromatic heterocycles. The van der Waals surface area contributed by atoms with Crippen LogP contribution in [0.15, 0.2) is 18.2 Å². The first-order valence-electron chi connectivity index (χ1n) is 6.44. The highest BCUT2D eigenvalue weighted by Gasteiger charge is 2.52. The van der Waals surface area contributed by atoms with Gasteiger partial charge in [-0.3, -0.25) is 0 Å². The molecule has 0 aliphatic carbocycles. The predicted molar refractivity (Wildman–Crippen MR) is 87.6 cm³/mol. The smallest absolute Gasteiger partial charge is 0.399 e. The Hall–Kier alpha value is -0.255. The first-order valence-corrected chi connectivity index (χ1v) is 8.02. The number of thiophene rings is 1. The normalized spacial score (nSPS) is 20.8. The van der Waals surface area contributed by atoms with Crippen LogP contribution in [-0.2, 0) is 9.31 Å². The predicted octanol–water partition coefficient (Wildman–Crippen LogP) is 4.51. The van der Waals surface area contributed by atoms with Crippen molar-refractivity contribution in [3.05, 3.63) is 28.2 Å². The summed E-state index contributed by atoms with van der Waals surface area (Å²) in [5.74, 6) is 0. The van der Waals surface area contributed by atoms with Crippen LogP contribution in [0.4, 0.5) is 0 Å². The number of hydrogen-bond donors (Lipinski definition) is 0. The average Bonchev–Trinajstić information content (AvgIpc) is 2.86. The summed E-state index contributed by atoms with van der Waals surface area (Å²) >= 11 is 14.0. The fourth-order valence-corrected chi connectivity index (χ4v) is 3.75. The van der Waals surface area contributed by atoms with Gasteiger partial charge in [0.15, 0.2) is 0 Å². The Bertz CT molecular complexity index is 626. The molecular formula is C14H15BCl2O2S. The molecule has 0 bridgehead atoms. The van der Waals surface area contributed by atoms with Gasteiger partial charge in [-0.15, -0.1) is 11.3 Å². The van der Waals surface area contributed by atoms with E-state index in [4.69, 9.17) is 32.5 Å². The van der Waals surface area contributed by atoms with Crippen molar-refractivity contribution in [2.24, 2.45) is 0 Å². The summed E-state index contributed by atoms with van der Waals surface area (Å²) in [4.78, 5) is 0. The molecule has 2 aromatic rings. The summed E-state index contributed by atoms with van der Waals surface area (Å²) in [6, 6.07) is 5.64. The molecule has 0 N–H and O–H groups in total. The van der Waals surface area contributed by atoms with E-state index in [9.17, 15) is 0 Å². The van der Waals surface area contributed by atoms with E-state index in [-0.39, 0.29) is 18.3 Å². The van der Waals surface area contributed by atoms with E-state index in [1.54, 1.807) is 11.3 Å². The van der Waals surface area contributed by atoms with Crippen molar-refractivity contribution >= 4 is 56.5 Å². The Morgan fingerprint density at radius 2 is 1.55 bits per heavy atom. The van der Waals surface area contributed by atoms with E-state index in [0.29, 0.717) is 10.0 Å². The van der Waals surface area contributed by atoms with Crippen LogP contribution >= 0.6 is 34.5 Å². The van der Waals surface area contributed by atoms with Crippen LogP contribution < -0.4 is 4.78 Å². The molecule has 1 aliphatic rings. The molecule has 0 unspecified atom stereocenters. The van der Waals surface area contributed by atoms with Crippen molar-refractivity contribution in [3.8, 4) is 0 Å². The average molecular weight is 329 g/mol. The van der Waals surface area contributed by atoms with Gasteiger partial charge in [0.1, 0.15) is 0 Å². The summed E-state index contributed by atoms with van der Waals surface area (Å²) in [6.45, 7) is 8.17. The van der Waals surface area contributed by atoms with Crippen molar-refractivity contribution in [1.29, 1.82) is 0 Å². The molecule has 106 valence electrons. The Labute approximate surface area is 133 Å². The van der Waals surface area contributed by atoms with Crippen molar-refractivity contribution in [1.82, 2.24) is 0 Å². The highest BCUT2D eigenvalue weighted by molar-refractivity contribution is 7.28. The fraction of sp³-hybridized carbons (Fsp3) is 0.429. The second-order valence-electron chi connectivity index (χ2n) is 6.01. The zero-order chi connectivity index (χ0) is 14.7. The third-order valence-electron chi connectivity index (χ3n) is 4.09. The molecule has 1 aliphatic heterocycles. The third kappa shape index (κ3) is 2.18. The second kappa shape index (κ2) is 4.62. The lowest BCUT2D eigenvalue weighted by Crippen LogP contribution is -2.41. The topological polar surface area (TPSA) is 18.5 Å². The van der Waals surface area contributed by atoms with E-state index >= 15 is 0 Å². The summed E-state index contributed by atoms with van der Waals surface area (Å²) in [6.07, 6.45) is 0. The van der Waals surface area contributed by atoms with Crippen LogP contribution in [0.5, 0.6) is 0 Å². The van der Waals surface area contributed by atoms with E-state index in [1.807, 2.05) is 45.9 Å². The Balaban J connectivity index is 2.05. The van der Waals surface area contributed by atoms with Gasteiger partial charge in [0, 0.05) is 15.2 Å². The lowest BCUT2D eigenvalue weighted by molar-refractivity contribution is 0.00578. The molecule has 2 nitrogen and oxygen atoms in total. The molecule has 6 heteroatoms. The van der Waals surface area contributed by atoms with Gasteiger partial charge < -0.3 is 9.31 Å². The van der Waals surface area contributed by atoms with Crippen LogP contribution in [0.2, 0.25) is 10.0 Å². The van der Waals surface area contributed by atoms with Gasteiger partial charge in [-0.1, -0.05) is 23.2 Å². The van der Waals surface area contributed by atoms with Crippen LogP contribution in [0.25, 0.3) is 10.1 Å². The molecule has 0 radical (unpaired) electrons. The number of benzene rings is 1. The maximum atomic E-state index is 6.23. The highest BCUT2D eigenvalue weighted by atomic mass is 35.5. The Kier molecular flexibility index (Phi) is 3.39. The van der Waals surface area contributed by atoms with Crippen molar-refractivity contribution < 1.29 is 9.31 Å². The Morgan fingerprint density at radius 3 is 2.10 bits per heavy atom. The lowest BCUT2D eigenvalue weighted by atomic mass is 9.87. The molecule has 1 aromatic carbocycles. The van der Waals surface area contributed by atoms with Gasteiger partial charge in [-0.25, -0.2) is 0 Å². The SMILES string of the molecule is CC1(C)OB(c2cc3c(Cl)ccc(Cl)c3s2)OC1(C)C. The molecule has 0 amide bonds. The Morgan fingerprint density at radius 1 is 1.00 bits per heavy atom. The lowest BCUT2D eigenvalue weighted by Gasteiger charge is -2.32. The number of hydrogen-bond acceptors (Lipinski definition) is 3. The first kappa shape index (κ1) is 14.7. The standard InChI is InChI=1S/C14H15BCl2O2S/c1-13(2)14(3,4)19-15(18-13)11-7-8-9(16)5-6-10(17)12(8)20-11/h5-7H,1-4H3. The maximum Gasteiger partial charge on any atom is 0.505 e. The molecular weight excluding hydrogens is 314 g/mol. The van der Waals surface area contributed by atoms with Gasteiger partial charge >= 0.3 is 7.12 Å². The molecule has 0 spiro atoms. The molecule has 1 fully saturated rings. The van der Waals surface area contributed by atoms with Crippen LogP contribution in [-0.4, -0.2) is 18.3 Å². The summed E-state index contributed by atoms with van der Waals surface area (Å²) in [5, 5.41) is 2.36. The monoisotopic (exact) mass is 328 g/mol. The van der Waals surface area contributed by atoms with Crippen molar-refractivity contribution in [3.63, 3.8) is 0 Å². The van der Waals surface area contributed by atoms with E-state index < -0.39 is 0 Å². The molecule has 2 heterocycles. The minimum atomic E-state index is -0.371. The molecule has 3 rings (SSSR count). The second-order valence-corrected chi connectivity index (χ2v) is 7.91. The summed E-state index contributed by atoms with van der Waals surface area (Å²) < 4.78 is 14.1. The van der Waals surface area contributed by atoms with Crippen LogP contribution in [0.1, 0.15) is 27.7 Å². The molecule has 1 saturated heterocycles. The van der Waals surface area contributed by atoms with Crippen molar-refractivity contribution in [2.75, 3.05) is 0 Å². The molecule has 20 heavy (non-hydrogen) atoms. The number of halogens is 2. The van der Waals surface area contributed by atoms with Gasteiger partial charge in [0.2, 0.25) is 0 Å². The first-order chi connectivity index (χ1) is 9.21. The zero-order valence-electron chi connectivity index (χ0n) is 11.8. The quantitative estimate of drug-likeness (QED) is 0.717. The molecule has 0 atom stereocenters. The highest BCUT2D eigenvalue weighted by Crippen LogP contribution is 2.39. The summed E-state index contributed by atoms with van der Waals surface area (Å²) in [5.41, 5.74) is -0.692. The van der Waals surface area contributed by atoms with E-state index in [2.05, 4.69) is 0 Å². The minimum Gasteiger partial charge on any atom is -0.399 e. The molecule has 0 saturated carbocycles. The minimum absolute atomic E-state index is 0.346. The number of rotatable bonds is 1. The van der Waals surface area contributed by atoms with Gasteiger partial charge in [0.05, 0.1) is 20.9 Å².